The number of benzene rings is 1. The van der Waals surface area contributed by atoms with E-state index in [9.17, 15) is 28.9 Å². The van der Waals surface area contributed by atoms with E-state index in [0.29, 0.717) is 0 Å². The predicted octanol–water partition coefficient (Wildman–Crippen LogP) is 2.26. The smallest absolute Gasteiger partial charge is 0.329 e. The number of nitro groups is 1. The number of nitrogens with zero attached hydrogens (tertiary/aromatic N) is 1. The van der Waals surface area contributed by atoms with E-state index in [1.165, 1.54) is 18.4 Å². The first-order chi connectivity index (χ1) is 13.7. The van der Waals surface area contributed by atoms with Crippen LogP contribution >= 0.6 is 0 Å². The van der Waals surface area contributed by atoms with Gasteiger partial charge in [-0.15, -0.1) is 0 Å². The van der Waals surface area contributed by atoms with Crippen molar-refractivity contribution in [1.29, 1.82) is 0 Å². The van der Waals surface area contributed by atoms with Crippen LogP contribution in [-0.4, -0.2) is 35.4 Å². The number of carbonyl (C=O) groups is 3. The standard InChI is InChI=1S/C18H18FN3O7/c1-10(2)16(21-17(24)14-4-3-7-28-14)18(25)29-9-15(23)20-11-5-6-12(19)13(8-11)22(26)27/h3-8,10,16H,9H2,1-2H3,(H,20,23)(H,21,24)/t16-/m0/s1. The van der Waals surface area contributed by atoms with Crippen molar-refractivity contribution in [1.82, 2.24) is 5.32 Å². The number of hydrogen-bond donors (Lipinski definition) is 2. The summed E-state index contributed by atoms with van der Waals surface area (Å²) in [6.07, 6.45) is 1.31. The lowest BCUT2D eigenvalue weighted by atomic mass is 10.0. The summed E-state index contributed by atoms with van der Waals surface area (Å²) in [6, 6.07) is 4.71. The SMILES string of the molecule is CC(C)[C@H](NC(=O)c1ccco1)C(=O)OCC(=O)Nc1ccc(F)c([N+](=O)[O-])c1. The second kappa shape index (κ2) is 9.44. The highest BCUT2D eigenvalue weighted by atomic mass is 19.1. The van der Waals surface area contributed by atoms with Gasteiger partial charge in [0.25, 0.3) is 11.8 Å². The van der Waals surface area contributed by atoms with E-state index in [-0.39, 0.29) is 17.4 Å². The van der Waals surface area contributed by atoms with Crippen molar-refractivity contribution < 1.29 is 32.9 Å². The van der Waals surface area contributed by atoms with Gasteiger partial charge in [0.1, 0.15) is 6.04 Å². The Kier molecular flexibility index (Phi) is 7.01. The van der Waals surface area contributed by atoms with Crippen LogP contribution in [0.4, 0.5) is 15.8 Å². The molecule has 0 radical (unpaired) electrons. The Morgan fingerprint density at radius 2 is 2.00 bits per heavy atom. The minimum Gasteiger partial charge on any atom is -0.459 e. The van der Waals surface area contributed by atoms with Crippen LogP contribution in [0.2, 0.25) is 0 Å². The van der Waals surface area contributed by atoms with Gasteiger partial charge in [0.05, 0.1) is 11.2 Å². The topological polar surface area (TPSA) is 141 Å². The third kappa shape index (κ3) is 5.86. The summed E-state index contributed by atoms with van der Waals surface area (Å²) in [6.45, 7) is 2.64. The van der Waals surface area contributed by atoms with Gasteiger partial charge in [-0.25, -0.2) is 4.79 Å². The molecule has 2 N–H and O–H groups in total. The second-order valence-electron chi connectivity index (χ2n) is 6.25. The molecule has 0 aliphatic carbocycles. The van der Waals surface area contributed by atoms with E-state index >= 15 is 0 Å². The fourth-order valence-electron chi connectivity index (χ4n) is 2.27. The summed E-state index contributed by atoms with van der Waals surface area (Å²) in [5.74, 6) is -3.64. The average molecular weight is 407 g/mol. The van der Waals surface area contributed by atoms with Crippen molar-refractivity contribution in [3.63, 3.8) is 0 Å². The highest BCUT2D eigenvalue weighted by Gasteiger charge is 2.27. The molecule has 0 fully saturated rings. The molecular formula is C18H18FN3O7. The third-order valence-corrected chi connectivity index (χ3v) is 3.72. The number of amides is 2. The predicted molar refractivity (Wildman–Crippen MR) is 97.4 cm³/mol. The Labute approximate surface area is 164 Å². The van der Waals surface area contributed by atoms with Crippen molar-refractivity contribution in [2.75, 3.05) is 11.9 Å². The molecule has 1 heterocycles. The van der Waals surface area contributed by atoms with Gasteiger partial charge in [0, 0.05) is 11.8 Å². The van der Waals surface area contributed by atoms with Crippen LogP contribution in [0.25, 0.3) is 0 Å². The number of ether oxygens (including phenoxy) is 1. The molecule has 0 spiro atoms. The molecule has 0 aliphatic rings. The number of nitrogens with one attached hydrogen (secondary N) is 2. The van der Waals surface area contributed by atoms with Gasteiger partial charge in [-0.2, -0.15) is 4.39 Å². The van der Waals surface area contributed by atoms with Gasteiger partial charge < -0.3 is 19.8 Å². The zero-order chi connectivity index (χ0) is 21.6. The molecule has 2 amide bonds. The summed E-state index contributed by atoms with van der Waals surface area (Å²) in [5.41, 5.74) is -0.842. The van der Waals surface area contributed by atoms with Crippen LogP contribution in [0.1, 0.15) is 24.4 Å². The number of carbonyl (C=O) groups excluding carboxylic acids is 3. The summed E-state index contributed by atoms with van der Waals surface area (Å²) in [5, 5.41) is 15.5. The van der Waals surface area contributed by atoms with Crippen LogP contribution < -0.4 is 10.6 Å². The van der Waals surface area contributed by atoms with Crippen molar-refractivity contribution in [3.05, 3.63) is 58.3 Å². The van der Waals surface area contributed by atoms with E-state index in [0.717, 1.165) is 18.2 Å². The molecule has 2 aromatic rings. The largest absolute Gasteiger partial charge is 0.459 e. The van der Waals surface area contributed by atoms with E-state index in [1.807, 2.05) is 0 Å². The Morgan fingerprint density at radius 1 is 1.28 bits per heavy atom. The maximum atomic E-state index is 13.3. The summed E-state index contributed by atoms with van der Waals surface area (Å²) in [7, 11) is 0. The van der Waals surface area contributed by atoms with Crippen molar-refractivity contribution in [3.8, 4) is 0 Å². The lowest BCUT2D eigenvalue weighted by Gasteiger charge is -2.20. The maximum Gasteiger partial charge on any atom is 0.329 e. The highest BCUT2D eigenvalue weighted by molar-refractivity contribution is 5.96. The quantitative estimate of drug-likeness (QED) is 0.388. The van der Waals surface area contributed by atoms with Crippen LogP contribution in [0.5, 0.6) is 0 Å². The Bertz CT molecular complexity index is 912. The highest BCUT2D eigenvalue weighted by Crippen LogP contribution is 2.21. The van der Waals surface area contributed by atoms with Crippen LogP contribution in [-0.2, 0) is 14.3 Å². The fraction of sp³-hybridized carbons (Fsp3) is 0.278. The van der Waals surface area contributed by atoms with Crippen molar-refractivity contribution in [2.24, 2.45) is 5.92 Å². The van der Waals surface area contributed by atoms with E-state index < -0.39 is 46.9 Å². The first kappa shape index (κ1) is 21.5. The van der Waals surface area contributed by atoms with Gasteiger partial charge in [-0.3, -0.25) is 19.7 Å². The van der Waals surface area contributed by atoms with Gasteiger partial charge in [0.15, 0.2) is 12.4 Å². The second-order valence-corrected chi connectivity index (χ2v) is 6.25. The van der Waals surface area contributed by atoms with E-state index in [2.05, 4.69) is 10.6 Å². The number of rotatable bonds is 8. The average Bonchev–Trinajstić information content (AvgIpc) is 3.20. The number of anilines is 1. The Hall–Kier alpha value is -3.76. The molecule has 29 heavy (non-hydrogen) atoms. The minimum absolute atomic E-state index is 0.0131. The van der Waals surface area contributed by atoms with Gasteiger partial charge in [-0.1, -0.05) is 13.8 Å². The fourth-order valence-corrected chi connectivity index (χ4v) is 2.27. The molecule has 1 aromatic heterocycles. The summed E-state index contributed by atoms with van der Waals surface area (Å²) in [4.78, 5) is 46.0. The number of nitro benzene ring substituents is 1. The van der Waals surface area contributed by atoms with Gasteiger partial charge >= 0.3 is 11.7 Å². The maximum absolute atomic E-state index is 13.3. The molecule has 1 atom stereocenters. The lowest BCUT2D eigenvalue weighted by molar-refractivity contribution is -0.387. The number of furan rings is 1. The third-order valence-electron chi connectivity index (χ3n) is 3.72. The molecule has 154 valence electrons. The number of esters is 1. The first-order valence-corrected chi connectivity index (χ1v) is 8.44. The molecule has 0 unspecified atom stereocenters. The Morgan fingerprint density at radius 3 is 2.59 bits per heavy atom. The molecule has 11 heteroatoms. The number of halogens is 1. The minimum atomic E-state index is -1.05. The number of hydrogen-bond acceptors (Lipinski definition) is 7. The molecule has 0 saturated heterocycles. The molecule has 0 aliphatic heterocycles. The Balaban J connectivity index is 1.93. The van der Waals surface area contributed by atoms with Crippen molar-refractivity contribution >= 4 is 29.2 Å². The monoisotopic (exact) mass is 407 g/mol. The van der Waals surface area contributed by atoms with Crippen LogP contribution in [0, 0.1) is 21.8 Å². The van der Waals surface area contributed by atoms with Crippen molar-refractivity contribution in [2.45, 2.75) is 19.9 Å². The molecular weight excluding hydrogens is 389 g/mol. The van der Waals surface area contributed by atoms with Crippen LogP contribution in [0.3, 0.4) is 0 Å². The first-order valence-electron chi connectivity index (χ1n) is 8.44. The van der Waals surface area contributed by atoms with Gasteiger partial charge in [0.2, 0.25) is 5.82 Å². The zero-order valence-electron chi connectivity index (χ0n) is 15.5. The molecule has 1 aromatic carbocycles. The molecule has 0 saturated carbocycles. The van der Waals surface area contributed by atoms with E-state index in [1.54, 1.807) is 13.8 Å². The van der Waals surface area contributed by atoms with E-state index in [4.69, 9.17) is 9.15 Å². The lowest BCUT2D eigenvalue weighted by Crippen LogP contribution is -2.45. The van der Waals surface area contributed by atoms with Gasteiger partial charge in [-0.05, 0) is 30.2 Å². The molecule has 10 nitrogen and oxygen atoms in total. The molecule has 2 rings (SSSR count). The normalized spacial score (nSPS) is 11.6. The zero-order valence-corrected chi connectivity index (χ0v) is 15.5. The summed E-state index contributed by atoms with van der Waals surface area (Å²) >= 11 is 0. The van der Waals surface area contributed by atoms with Crippen LogP contribution in [0.15, 0.2) is 41.0 Å². The molecule has 0 bridgehead atoms. The summed E-state index contributed by atoms with van der Waals surface area (Å²) < 4.78 is 23.2.